The Balaban J connectivity index is 1.36. The number of phenolic OH excluding ortho intramolecular Hbond substituents is 1. The lowest BCUT2D eigenvalue weighted by Crippen LogP contribution is -2.30. The Morgan fingerprint density at radius 3 is 2.53 bits per heavy atom. The summed E-state index contributed by atoms with van der Waals surface area (Å²) in [6.07, 6.45) is 0.562. The average Bonchev–Trinajstić information content (AvgIpc) is 3.22. The van der Waals surface area contributed by atoms with Crippen LogP contribution in [-0.4, -0.2) is 35.0 Å². The topological polar surface area (TPSA) is 101 Å². The SMILES string of the molecule is O=C(NCCCNC(=O)c1csc(COc2ccc(Cl)cc2)n1)c1cccc(O)c1. The summed E-state index contributed by atoms with van der Waals surface area (Å²) in [6.45, 7) is 1.06. The molecule has 0 fully saturated rings. The average molecular weight is 446 g/mol. The zero-order valence-electron chi connectivity index (χ0n) is 15.9. The third kappa shape index (κ3) is 6.47. The maximum atomic E-state index is 12.2. The number of amides is 2. The zero-order chi connectivity index (χ0) is 21.3. The molecule has 1 heterocycles. The smallest absolute Gasteiger partial charge is 0.270 e. The van der Waals surface area contributed by atoms with E-state index in [0.29, 0.717) is 46.5 Å². The Hall–Kier alpha value is -3.10. The molecule has 0 aliphatic carbocycles. The first-order valence-electron chi connectivity index (χ1n) is 9.19. The number of rotatable bonds is 9. The number of carbonyl (C=O) groups excluding carboxylic acids is 2. The molecule has 0 aliphatic rings. The number of ether oxygens (including phenoxy) is 1. The summed E-state index contributed by atoms with van der Waals surface area (Å²) in [5.74, 6) is 0.162. The van der Waals surface area contributed by atoms with E-state index in [4.69, 9.17) is 16.3 Å². The number of phenols is 1. The number of carbonyl (C=O) groups is 2. The first-order valence-corrected chi connectivity index (χ1v) is 10.5. The minimum Gasteiger partial charge on any atom is -0.508 e. The molecule has 0 atom stereocenters. The Labute approximate surface area is 182 Å². The summed E-state index contributed by atoms with van der Waals surface area (Å²) in [5.41, 5.74) is 0.716. The molecule has 0 saturated carbocycles. The molecule has 0 radical (unpaired) electrons. The monoisotopic (exact) mass is 445 g/mol. The lowest BCUT2D eigenvalue weighted by molar-refractivity contribution is 0.0948. The molecule has 156 valence electrons. The molecule has 30 heavy (non-hydrogen) atoms. The van der Waals surface area contributed by atoms with Crippen LogP contribution in [0.3, 0.4) is 0 Å². The highest BCUT2D eigenvalue weighted by Crippen LogP contribution is 2.18. The number of aromatic hydroxyl groups is 1. The van der Waals surface area contributed by atoms with Crippen LogP contribution in [0.5, 0.6) is 11.5 Å². The van der Waals surface area contributed by atoms with Crippen molar-refractivity contribution >= 4 is 34.8 Å². The van der Waals surface area contributed by atoms with Gasteiger partial charge in [0.2, 0.25) is 0 Å². The van der Waals surface area contributed by atoms with Gasteiger partial charge in [0.1, 0.15) is 28.8 Å². The first kappa shape index (κ1) is 21.6. The molecule has 9 heteroatoms. The normalized spacial score (nSPS) is 10.4. The second-order valence-electron chi connectivity index (χ2n) is 6.28. The van der Waals surface area contributed by atoms with Gasteiger partial charge >= 0.3 is 0 Å². The highest BCUT2D eigenvalue weighted by atomic mass is 35.5. The van der Waals surface area contributed by atoms with Gasteiger partial charge in [0.05, 0.1) is 0 Å². The number of aromatic nitrogens is 1. The summed E-state index contributed by atoms with van der Waals surface area (Å²) in [4.78, 5) is 28.4. The fraction of sp³-hybridized carbons (Fsp3) is 0.190. The number of nitrogens with one attached hydrogen (secondary N) is 2. The predicted octanol–water partition coefficient (Wildman–Crippen LogP) is 3.63. The number of benzene rings is 2. The van der Waals surface area contributed by atoms with Crippen LogP contribution >= 0.6 is 22.9 Å². The quantitative estimate of drug-likeness (QED) is 0.437. The van der Waals surface area contributed by atoms with E-state index in [0.717, 1.165) is 0 Å². The molecule has 0 unspecified atom stereocenters. The van der Waals surface area contributed by atoms with E-state index >= 15 is 0 Å². The van der Waals surface area contributed by atoms with Crippen LogP contribution in [0.2, 0.25) is 5.02 Å². The van der Waals surface area contributed by atoms with Gasteiger partial charge in [-0.25, -0.2) is 4.98 Å². The van der Waals surface area contributed by atoms with Crippen molar-refractivity contribution in [3.63, 3.8) is 0 Å². The van der Waals surface area contributed by atoms with Crippen LogP contribution in [0.4, 0.5) is 0 Å². The summed E-state index contributed by atoms with van der Waals surface area (Å²) < 4.78 is 5.62. The van der Waals surface area contributed by atoms with Gasteiger partial charge in [-0.3, -0.25) is 9.59 Å². The number of hydrogen-bond acceptors (Lipinski definition) is 6. The van der Waals surface area contributed by atoms with E-state index in [1.165, 1.54) is 23.5 Å². The molecule has 3 N–H and O–H groups in total. The van der Waals surface area contributed by atoms with E-state index in [1.54, 1.807) is 41.8 Å². The lowest BCUT2D eigenvalue weighted by atomic mass is 10.2. The fourth-order valence-electron chi connectivity index (χ4n) is 2.49. The Kier molecular flexibility index (Phi) is 7.64. The Morgan fingerprint density at radius 1 is 1.07 bits per heavy atom. The standard InChI is InChI=1S/C21H20ClN3O4S/c22-15-5-7-17(8-6-15)29-12-19-25-18(13-30-19)21(28)24-10-2-9-23-20(27)14-3-1-4-16(26)11-14/h1,3-8,11,13,26H,2,9-10,12H2,(H,23,27)(H,24,28). The van der Waals surface area contributed by atoms with Crippen molar-refractivity contribution in [3.05, 3.63) is 75.2 Å². The molecule has 0 saturated heterocycles. The molecule has 0 bridgehead atoms. The maximum Gasteiger partial charge on any atom is 0.270 e. The summed E-state index contributed by atoms with van der Waals surface area (Å²) in [7, 11) is 0. The number of nitrogens with zero attached hydrogens (tertiary/aromatic N) is 1. The van der Waals surface area contributed by atoms with Crippen molar-refractivity contribution in [2.24, 2.45) is 0 Å². The van der Waals surface area contributed by atoms with Gasteiger partial charge in [-0.05, 0) is 48.9 Å². The summed E-state index contributed by atoms with van der Waals surface area (Å²) >= 11 is 7.18. The highest BCUT2D eigenvalue weighted by Gasteiger charge is 2.11. The zero-order valence-corrected chi connectivity index (χ0v) is 17.5. The van der Waals surface area contributed by atoms with Gasteiger partial charge in [0.15, 0.2) is 0 Å². The van der Waals surface area contributed by atoms with Crippen LogP contribution in [0.1, 0.15) is 32.3 Å². The number of halogens is 1. The summed E-state index contributed by atoms with van der Waals surface area (Å²) in [6, 6.07) is 13.1. The molecule has 0 aliphatic heterocycles. The molecular weight excluding hydrogens is 426 g/mol. The van der Waals surface area contributed by atoms with Gasteiger partial charge < -0.3 is 20.5 Å². The van der Waals surface area contributed by atoms with Gasteiger partial charge in [0.25, 0.3) is 11.8 Å². The minimum absolute atomic E-state index is 0.0381. The van der Waals surface area contributed by atoms with Gasteiger partial charge in [-0.1, -0.05) is 17.7 Å². The van der Waals surface area contributed by atoms with Gasteiger partial charge in [-0.2, -0.15) is 0 Å². The molecule has 2 amide bonds. The van der Waals surface area contributed by atoms with E-state index in [1.807, 2.05) is 0 Å². The second-order valence-corrected chi connectivity index (χ2v) is 7.66. The van der Waals surface area contributed by atoms with Crippen molar-refractivity contribution in [1.82, 2.24) is 15.6 Å². The van der Waals surface area contributed by atoms with Gasteiger partial charge in [-0.15, -0.1) is 11.3 Å². The third-order valence-corrected chi connectivity index (χ3v) is 5.07. The molecule has 0 spiro atoms. The number of thiazole rings is 1. The van der Waals surface area contributed by atoms with Crippen LogP contribution in [0.15, 0.2) is 53.9 Å². The third-order valence-electron chi connectivity index (χ3n) is 3.99. The van der Waals surface area contributed by atoms with Crippen LogP contribution in [0.25, 0.3) is 0 Å². The molecule has 2 aromatic carbocycles. The maximum absolute atomic E-state index is 12.2. The Morgan fingerprint density at radius 2 is 1.80 bits per heavy atom. The van der Waals surface area contributed by atoms with Crippen molar-refractivity contribution in [2.45, 2.75) is 13.0 Å². The first-order chi connectivity index (χ1) is 14.5. The van der Waals surface area contributed by atoms with Crippen LogP contribution < -0.4 is 15.4 Å². The van der Waals surface area contributed by atoms with Crippen molar-refractivity contribution < 1.29 is 19.4 Å². The molecule has 3 aromatic rings. The number of hydrogen-bond donors (Lipinski definition) is 3. The van der Waals surface area contributed by atoms with Gasteiger partial charge in [0, 0.05) is 29.1 Å². The Bertz CT molecular complexity index is 1010. The minimum atomic E-state index is -0.276. The summed E-state index contributed by atoms with van der Waals surface area (Å²) in [5, 5.41) is 17.9. The van der Waals surface area contributed by atoms with E-state index in [2.05, 4.69) is 15.6 Å². The fourth-order valence-corrected chi connectivity index (χ4v) is 3.30. The van der Waals surface area contributed by atoms with Crippen LogP contribution in [0, 0.1) is 0 Å². The highest BCUT2D eigenvalue weighted by molar-refractivity contribution is 7.09. The molecule has 1 aromatic heterocycles. The van der Waals surface area contributed by atoms with E-state index < -0.39 is 0 Å². The van der Waals surface area contributed by atoms with Crippen molar-refractivity contribution in [3.8, 4) is 11.5 Å². The molecule has 7 nitrogen and oxygen atoms in total. The van der Waals surface area contributed by atoms with E-state index in [9.17, 15) is 14.7 Å². The van der Waals surface area contributed by atoms with Crippen molar-refractivity contribution in [2.75, 3.05) is 13.1 Å². The molecule has 3 rings (SSSR count). The molecular formula is C21H20ClN3O4S. The second kappa shape index (κ2) is 10.6. The predicted molar refractivity (Wildman–Crippen MR) is 115 cm³/mol. The largest absolute Gasteiger partial charge is 0.508 e. The van der Waals surface area contributed by atoms with Crippen LogP contribution in [-0.2, 0) is 6.61 Å². The van der Waals surface area contributed by atoms with E-state index in [-0.39, 0.29) is 24.2 Å². The lowest BCUT2D eigenvalue weighted by Gasteiger charge is -2.06. The van der Waals surface area contributed by atoms with Crippen molar-refractivity contribution in [1.29, 1.82) is 0 Å².